The summed E-state index contributed by atoms with van der Waals surface area (Å²) in [5.74, 6) is 0.219. The lowest BCUT2D eigenvalue weighted by atomic mass is 9.79. The van der Waals surface area contributed by atoms with Crippen molar-refractivity contribution in [1.82, 2.24) is 0 Å². The van der Waals surface area contributed by atoms with Crippen molar-refractivity contribution in [3.63, 3.8) is 0 Å². The van der Waals surface area contributed by atoms with Crippen molar-refractivity contribution in [2.45, 2.75) is 52.4 Å². The van der Waals surface area contributed by atoms with E-state index in [-0.39, 0.29) is 16.6 Å². The van der Waals surface area contributed by atoms with Crippen molar-refractivity contribution >= 4 is 17.1 Å². The van der Waals surface area contributed by atoms with E-state index in [1.165, 1.54) is 0 Å². The number of aromatic hydroxyl groups is 1. The second kappa shape index (κ2) is 6.69. The molecule has 0 fully saturated rings. The molecule has 5 heteroatoms. The number of azide groups is 1. The first-order valence-electron chi connectivity index (χ1n) is 8.33. The van der Waals surface area contributed by atoms with E-state index in [9.17, 15) is 5.11 Å². The van der Waals surface area contributed by atoms with Gasteiger partial charge in [-0.25, -0.2) is 0 Å². The Balaban J connectivity index is 2.63. The lowest BCUT2D eigenvalue weighted by Crippen LogP contribution is -2.17. The van der Waals surface area contributed by atoms with Crippen LogP contribution in [0.15, 0.2) is 41.5 Å². The van der Waals surface area contributed by atoms with Gasteiger partial charge in [-0.2, -0.15) is 0 Å². The van der Waals surface area contributed by atoms with Gasteiger partial charge in [0.2, 0.25) is 0 Å². The molecule has 0 saturated heterocycles. The molecule has 0 aromatic heterocycles. The molecule has 0 heterocycles. The van der Waals surface area contributed by atoms with Gasteiger partial charge in [-0.1, -0.05) is 70.9 Å². The Morgan fingerprint density at radius 3 is 2.16 bits per heavy atom. The summed E-state index contributed by atoms with van der Waals surface area (Å²) < 4.78 is 0. The normalized spacial score (nSPS) is 11.8. The first-order valence-corrected chi connectivity index (χ1v) is 8.33. The Bertz CT molecular complexity index is 823. The number of para-hydroxylation sites is 1. The van der Waals surface area contributed by atoms with Gasteiger partial charge < -0.3 is 10.4 Å². The number of phenolic OH excluding ortho intramolecular Hbond substituents is 1. The molecular formula is C20H26N4O. The summed E-state index contributed by atoms with van der Waals surface area (Å²) in [7, 11) is 0. The van der Waals surface area contributed by atoms with Crippen molar-refractivity contribution in [3.05, 3.63) is 58.0 Å². The van der Waals surface area contributed by atoms with Crippen molar-refractivity contribution in [2.75, 3.05) is 5.32 Å². The fourth-order valence-corrected chi connectivity index (χ4v) is 2.59. The fourth-order valence-electron chi connectivity index (χ4n) is 2.59. The van der Waals surface area contributed by atoms with Crippen LogP contribution in [-0.4, -0.2) is 5.11 Å². The van der Waals surface area contributed by atoms with Gasteiger partial charge in [-0.05, 0) is 34.1 Å². The SMILES string of the molecule is CC(C)(C)c1cc(Nc2ccccc2N=[N+]=[N-])c(O)c(C(C)(C)C)c1. The summed E-state index contributed by atoms with van der Waals surface area (Å²) in [6.45, 7) is 12.7. The predicted octanol–water partition coefficient (Wildman–Crippen LogP) is 6.67. The highest BCUT2D eigenvalue weighted by Gasteiger charge is 2.25. The second-order valence-electron chi connectivity index (χ2n) is 8.25. The second-order valence-corrected chi connectivity index (χ2v) is 8.25. The van der Waals surface area contributed by atoms with E-state index in [1.807, 2.05) is 18.2 Å². The molecule has 25 heavy (non-hydrogen) atoms. The minimum absolute atomic E-state index is 0.0611. The van der Waals surface area contributed by atoms with Crippen molar-refractivity contribution < 1.29 is 5.11 Å². The summed E-state index contributed by atoms with van der Waals surface area (Å²) in [5, 5.41) is 17.8. The zero-order chi connectivity index (χ0) is 18.8. The van der Waals surface area contributed by atoms with Gasteiger partial charge in [-0.15, -0.1) is 0 Å². The summed E-state index contributed by atoms with van der Waals surface area (Å²) in [5.41, 5.74) is 12.2. The van der Waals surface area contributed by atoms with Crippen LogP contribution in [0, 0.1) is 0 Å². The quantitative estimate of drug-likeness (QED) is 0.283. The molecule has 5 nitrogen and oxygen atoms in total. The van der Waals surface area contributed by atoms with Gasteiger partial charge in [-0.3, -0.25) is 0 Å². The average Bonchev–Trinajstić information content (AvgIpc) is 2.49. The lowest BCUT2D eigenvalue weighted by molar-refractivity contribution is 0.447. The van der Waals surface area contributed by atoms with Crippen LogP contribution in [0.2, 0.25) is 0 Å². The van der Waals surface area contributed by atoms with Gasteiger partial charge in [0.05, 0.1) is 11.4 Å². The average molecular weight is 338 g/mol. The Morgan fingerprint density at radius 1 is 0.960 bits per heavy atom. The summed E-state index contributed by atoms with van der Waals surface area (Å²) in [6.07, 6.45) is 0. The monoisotopic (exact) mass is 338 g/mol. The van der Waals surface area contributed by atoms with E-state index in [4.69, 9.17) is 5.53 Å². The third-order valence-electron chi connectivity index (χ3n) is 4.11. The van der Waals surface area contributed by atoms with E-state index >= 15 is 0 Å². The van der Waals surface area contributed by atoms with E-state index in [0.29, 0.717) is 17.1 Å². The summed E-state index contributed by atoms with van der Waals surface area (Å²) in [6, 6.07) is 11.2. The van der Waals surface area contributed by atoms with Crippen molar-refractivity contribution in [2.24, 2.45) is 5.11 Å². The molecule has 0 saturated carbocycles. The molecule has 0 aliphatic carbocycles. The number of hydrogen-bond acceptors (Lipinski definition) is 3. The standard InChI is InChI=1S/C20H26N4O/c1-19(2,3)13-11-14(20(4,5)6)18(25)17(12-13)22-15-9-7-8-10-16(15)23-24-21/h7-12,22,25H,1-6H3. The molecule has 0 atom stereocenters. The predicted molar refractivity (Wildman–Crippen MR) is 104 cm³/mol. The van der Waals surface area contributed by atoms with Crippen LogP contribution >= 0.6 is 0 Å². The highest BCUT2D eigenvalue weighted by atomic mass is 16.3. The van der Waals surface area contributed by atoms with Gasteiger partial charge in [0.15, 0.2) is 0 Å². The highest BCUT2D eigenvalue weighted by Crippen LogP contribution is 2.42. The maximum atomic E-state index is 10.8. The molecule has 0 aliphatic heterocycles. The minimum atomic E-state index is -0.202. The molecule has 0 amide bonds. The lowest BCUT2D eigenvalue weighted by Gasteiger charge is -2.28. The molecule has 2 aromatic carbocycles. The molecular weight excluding hydrogens is 312 g/mol. The van der Waals surface area contributed by atoms with E-state index < -0.39 is 0 Å². The maximum Gasteiger partial charge on any atom is 0.142 e. The number of hydrogen-bond donors (Lipinski definition) is 2. The zero-order valence-corrected chi connectivity index (χ0v) is 15.8. The van der Waals surface area contributed by atoms with Crippen LogP contribution in [0.25, 0.3) is 10.4 Å². The molecule has 0 unspecified atom stereocenters. The van der Waals surface area contributed by atoms with Crippen LogP contribution < -0.4 is 5.32 Å². The number of rotatable bonds is 3. The molecule has 2 N–H and O–H groups in total. The van der Waals surface area contributed by atoms with Crippen molar-refractivity contribution in [1.29, 1.82) is 0 Å². The van der Waals surface area contributed by atoms with Crippen LogP contribution in [0.3, 0.4) is 0 Å². The Labute approximate surface area is 149 Å². The summed E-state index contributed by atoms with van der Waals surface area (Å²) in [4.78, 5) is 2.87. The van der Waals surface area contributed by atoms with Crippen LogP contribution in [-0.2, 0) is 10.8 Å². The first kappa shape index (κ1) is 18.7. The molecule has 0 spiro atoms. The molecule has 0 aliphatic rings. The number of anilines is 2. The Morgan fingerprint density at radius 2 is 1.60 bits per heavy atom. The molecule has 0 radical (unpaired) electrons. The number of benzene rings is 2. The molecule has 2 rings (SSSR count). The third-order valence-corrected chi connectivity index (χ3v) is 4.11. The minimum Gasteiger partial charge on any atom is -0.505 e. The largest absolute Gasteiger partial charge is 0.505 e. The van der Waals surface area contributed by atoms with Gasteiger partial charge >= 0.3 is 0 Å². The molecule has 0 bridgehead atoms. The number of nitrogens with one attached hydrogen (secondary N) is 1. The van der Waals surface area contributed by atoms with Crippen LogP contribution in [0.4, 0.5) is 17.1 Å². The highest BCUT2D eigenvalue weighted by molar-refractivity contribution is 5.76. The number of phenols is 1. The number of nitrogens with zero attached hydrogens (tertiary/aromatic N) is 3. The van der Waals surface area contributed by atoms with Crippen LogP contribution in [0.1, 0.15) is 52.7 Å². The van der Waals surface area contributed by atoms with Gasteiger partial charge in [0.1, 0.15) is 5.75 Å². The van der Waals surface area contributed by atoms with Crippen LogP contribution in [0.5, 0.6) is 5.75 Å². The smallest absolute Gasteiger partial charge is 0.142 e. The zero-order valence-electron chi connectivity index (χ0n) is 15.8. The fraction of sp³-hybridized carbons (Fsp3) is 0.400. The van der Waals surface area contributed by atoms with E-state index in [0.717, 1.165) is 11.1 Å². The van der Waals surface area contributed by atoms with E-state index in [2.05, 4.69) is 63.0 Å². The Hall–Kier alpha value is -2.65. The maximum absolute atomic E-state index is 10.8. The molecule has 2 aromatic rings. The molecule has 132 valence electrons. The Kier molecular flexibility index (Phi) is 5.00. The summed E-state index contributed by atoms with van der Waals surface area (Å²) >= 11 is 0. The van der Waals surface area contributed by atoms with E-state index in [1.54, 1.807) is 12.1 Å². The topological polar surface area (TPSA) is 81.0 Å². The van der Waals surface area contributed by atoms with Gasteiger partial charge in [0.25, 0.3) is 0 Å². The third kappa shape index (κ3) is 4.25. The first-order chi connectivity index (χ1) is 11.5. The van der Waals surface area contributed by atoms with Crippen molar-refractivity contribution in [3.8, 4) is 5.75 Å². The van der Waals surface area contributed by atoms with Gasteiger partial charge in [0, 0.05) is 16.2 Å².